The Labute approximate surface area is 119 Å². The number of aromatic nitrogens is 1. The Morgan fingerprint density at radius 3 is 2.90 bits per heavy atom. The number of hydrogen-bond acceptors (Lipinski definition) is 1. The van der Waals surface area contributed by atoms with Crippen LogP contribution in [0.5, 0.6) is 0 Å². The van der Waals surface area contributed by atoms with Crippen molar-refractivity contribution in [3.63, 3.8) is 0 Å². The molecule has 1 amide bonds. The van der Waals surface area contributed by atoms with Crippen molar-refractivity contribution >= 4 is 16.8 Å². The van der Waals surface area contributed by atoms with Gasteiger partial charge in [0.05, 0.1) is 0 Å². The Morgan fingerprint density at radius 1 is 1.35 bits per heavy atom. The van der Waals surface area contributed by atoms with E-state index in [-0.39, 0.29) is 5.91 Å². The summed E-state index contributed by atoms with van der Waals surface area (Å²) in [4.78, 5) is 15.4. The highest BCUT2D eigenvalue weighted by molar-refractivity contribution is 5.99. The third-order valence-corrected chi connectivity index (χ3v) is 3.60. The molecule has 2 aromatic rings. The molecule has 2 rings (SSSR count). The first-order chi connectivity index (χ1) is 9.63. The first kappa shape index (κ1) is 14.2. The molecule has 0 unspecified atom stereocenters. The summed E-state index contributed by atoms with van der Waals surface area (Å²) in [5.41, 5.74) is 4.12. The molecular weight excluding hydrogens is 248 g/mol. The Morgan fingerprint density at radius 2 is 2.15 bits per heavy atom. The highest BCUT2D eigenvalue weighted by Gasteiger charge is 2.09. The summed E-state index contributed by atoms with van der Waals surface area (Å²) in [7, 11) is 0. The van der Waals surface area contributed by atoms with Crippen molar-refractivity contribution < 1.29 is 4.79 Å². The number of rotatable bonds is 5. The predicted octanol–water partition coefficient (Wildman–Crippen LogP) is 3.32. The largest absolute Gasteiger partial charge is 0.358 e. The molecule has 0 aliphatic heterocycles. The van der Waals surface area contributed by atoms with Gasteiger partial charge in [-0.2, -0.15) is 0 Å². The maximum Gasteiger partial charge on any atom is 0.251 e. The van der Waals surface area contributed by atoms with Gasteiger partial charge in [-0.3, -0.25) is 4.79 Å². The number of benzene rings is 1. The summed E-state index contributed by atoms with van der Waals surface area (Å²) < 4.78 is 0. The van der Waals surface area contributed by atoms with E-state index >= 15 is 0 Å². The summed E-state index contributed by atoms with van der Waals surface area (Å²) in [5.74, 6) is 2.58. The van der Waals surface area contributed by atoms with Crippen LogP contribution in [-0.4, -0.2) is 17.4 Å². The van der Waals surface area contributed by atoms with Gasteiger partial charge >= 0.3 is 0 Å². The maximum atomic E-state index is 12.1. The molecule has 3 heteroatoms. The van der Waals surface area contributed by atoms with E-state index in [4.69, 9.17) is 6.42 Å². The molecule has 1 aromatic heterocycles. The average molecular weight is 268 g/mol. The summed E-state index contributed by atoms with van der Waals surface area (Å²) >= 11 is 0. The van der Waals surface area contributed by atoms with Gasteiger partial charge in [0.1, 0.15) is 0 Å². The molecule has 0 saturated carbocycles. The zero-order valence-corrected chi connectivity index (χ0v) is 12.0. The Kier molecular flexibility index (Phi) is 4.47. The third-order valence-electron chi connectivity index (χ3n) is 3.60. The Balaban J connectivity index is 2.03. The number of unbranched alkanes of at least 4 members (excludes halogenated alkanes) is 2. The SMILES string of the molecule is C#CCCCCNC(=O)c1ccc2[nH]c(C)c(C)c2c1. The summed E-state index contributed by atoms with van der Waals surface area (Å²) in [6.45, 7) is 4.78. The van der Waals surface area contributed by atoms with Crippen molar-refractivity contribution in [3.05, 3.63) is 35.0 Å². The second-order valence-electron chi connectivity index (χ2n) is 5.05. The molecule has 2 N–H and O–H groups in total. The molecule has 1 aromatic carbocycles. The summed E-state index contributed by atoms with van der Waals surface area (Å²) in [6, 6.07) is 5.77. The Bertz CT molecular complexity index is 661. The van der Waals surface area contributed by atoms with Gasteiger partial charge in [0.2, 0.25) is 0 Å². The number of nitrogens with one attached hydrogen (secondary N) is 2. The van der Waals surface area contributed by atoms with Crippen LogP contribution in [0.4, 0.5) is 0 Å². The Hall–Kier alpha value is -2.21. The lowest BCUT2D eigenvalue weighted by Gasteiger charge is -2.05. The fraction of sp³-hybridized carbons (Fsp3) is 0.353. The molecule has 0 fully saturated rings. The van der Waals surface area contributed by atoms with Gasteiger partial charge in [0.25, 0.3) is 5.91 Å². The lowest BCUT2D eigenvalue weighted by atomic mass is 10.1. The number of H-pyrrole nitrogens is 1. The number of amides is 1. The third kappa shape index (κ3) is 3.03. The quantitative estimate of drug-likeness (QED) is 0.634. The van der Waals surface area contributed by atoms with Crippen LogP contribution in [0.3, 0.4) is 0 Å². The molecule has 0 saturated heterocycles. The van der Waals surface area contributed by atoms with Crippen LogP contribution in [0.15, 0.2) is 18.2 Å². The number of aryl methyl sites for hydroxylation is 2. The van der Waals surface area contributed by atoms with Crippen LogP contribution in [0.25, 0.3) is 10.9 Å². The zero-order chi connectivity index (χ0) is 14.5. The molecule has 3 nitrogen and oxygen atoms in total. The number of terminal acetylenes is 1. The second kappa shape index (κ2) is 6.29. The molecule has 0 atom stereocenters. The molecule has 0 bridgehead atoms. The number of hydrogen-bond donors (Lipinski definition) is 2. The molecule has 0 radical (unpaired) electrons. The van der Waals surface area contributed by atoms with Gasteiger partial charge < -0.3 is 10.3 Å². The predicted molar refractivity (Wildman–Crippen MR) is 82.8 cm³/mol. The van der Waals surface area contributed by atoms with Gasteiger partial charge in [0, 0.05) is 35.1 Å². The molecule has 0 aliphatic carbocycles. The van der Waals surface area contributed by atoms with E-state index in [9.17, 15) is 4.79 Å². The number of carbonyl (C=O) groups is 1. The van der Waals surface area contributed by atoms with Gasteiger partial charge in [-0.1, -0.05) is 0 Å². The van der Waals surface area contributed by atoms with E-state index in [0.29, 0.717) is 12.1 Å². The van der Waals surface area contributed by atoms with E-state index in [1.54, 1.807) is 0 Å². The normalized spacial score (nSPS) is 10.4. The molecule has 1 heterocycles. The van der Waals surface area contributed by atoms with E-state index in [2.05, 4.69) is 23.1 Å². The molecule has 0 spiro atoms. The minimum atomic E-state index is -0.0224. The molecule has 20 heavy (non-hydrogen) atoms. The van der Waals surface area contributed by atoms with E-state index in [1.165, 1.54) is 5.56 Å². The number of fused-ring (bicyclic) bond motifs is 1. The zero-order valence-electron chi connectivity index (χ0n) is 12.0. The molecular formula is C17H20N2O. The fourth-order valence-electron chi connectivity index (χ4n) is 2.26. The topological polar surface area (TPSA) is 44.9 Å². The molecule has 104 valence electrons. The van der Waals surface area contributed by atoms with Crippen LogP contribution < -0.4 is 5.32 Å². The van der Waals surface area contributed by atoms with Crippen molar-refractivity contribution in [2.45, 2.75) is 33.1 Å². The second-order valence-corrected chi connectivity index (χ2v) is 5.05. The minimum absolute atomic E-state index is 0.0224. The number of aromatic amines is 1. The number of carbonyl (C=O) groups excluding carboxylic acids is 1. The lowest BCUT2D eigenvalue weighted by Crippen LogP contribution is -2.24. The fourth-order valence-corrected chi connectivity index (χ4v) is 2.26. The minimum Gasteiger partial charge on any atom is -0.358 e. The van der Waals surface area contributed by atoms with Crippen LogP contribution in [0, 0.1) is 26.2 Å². The standard InChI is InChI=1S/C17H20N2O/c1-4-5-6-7-10-18-17(20)14-8-9-16-15(11-14)12(2)13(3)19-16/h1,8-9,11,19H,5-7,10H2,2-3H3,(H,18,20). The van der Waals surface area contributed by atoms with Gasteiger partial charge in [0.15, 0.2) is 0 Å². The van der Waals surface area contributed by atoms with Crippen molar-refractivity contribution in [1.29, 1.82) is 0 Å². The van der Waals surface area contributed by atoms with Crippen LogP contribution >= 0.6 is 0 Å². The van der Waals surface area contributed by atoms with Crippen LogP contribution in [0.1, 0.15) is 40.9 Å². The van der Waals surface area contributed by atoms with Gasteiger partial charge in [-0.15, -0.1) is 12.3 Å². The first-order valence-electron chi connectivity index (χ1n) is 6.94. The van der Waals surface area contributed by atoms with Crippen molar-refractivity contribution in [3.8, 4) is 12.3 Å². The van der Waals surface area contributed by atoms with Crippen molar-refractivity contribution in [2.75, 3.05) is 6.54 Å². The maximum absolute atomic E-state index is 12.1. The van der Waals surface area contributed by atoms with E-state index in [0.717, 1.165) is 35.9 Å². The van der Waals surface area contributed by atoms with Crippen molar-refractivity contribution in [1.82, 2.24) is 10.3 Å². The van der Waals surface area contributed by atoms with Gasteiger partial charge in [-0.25, -0.2) is 0 Å². The molecule has 0 aliphatic rings. The van der Waals surface area contributed by atoms with Crippen LogP contribution in [0.2, 0.25) is 0 Å². The monoisotopic (exact) mass is 268 g/mol. The van der Waals surface area contributed by atoms with Crippen LogP contribution in [-0.2, 0) is 0 Å². The van der Waals surface area contributed by atoms with E-state index < -0.39 is 0 Å². The highest BCUT2D eigenvalue weighted by atomic mass is 16.1. The lowest BCUT2D eigenvalue weighted by molar-refractivity contribution is 0.0953. The van der Waals surface area contributed by atoms with Gasteiger partial charge in [-0.05, 0) is 50.5 Å². The smallest absolute Gasteiger partial charge is 0.251 e. The average Bonchev–Trinajstić information content (AvgIpc) is 2.73. The highest BCUT2D eigenvalue weighted by Crippen LogP contribution is 2.22. The van der Waals surface area contributed by atoms with E-state index in [1.807, 2.05) is 25.1 Å². The summed E-state index contributed by atoms with van der Waals surface area (Å²) in [6.07, 6.45) is 7.83. The summed E-state index contributed by atoms with van der Waals surface area (Å²) in [5, 5.41) is 4.04. The first-order valence-corrected chi connectivity index (χ1v) is 6.94. The van der Waals surface area contributed by atoms with Crippen molar-refractivity contribution in [2.24, 2.45) is 0 Å².